The highest BCUT2D eigenvalue weighted by Gasteiger charge is 2.16. The molecule has 6 heteroatoms. The summed E-state index contributed by atoms with van der Waals surface area (Å²) in [6, 6.07) is 4.99. The molecule has 0 aliphatic heterocycles. The average molecular weight is 288 g/mol. The van der Waals surface area contributed by atoms with Gasteiger partial charge in [0.25, 0.3) is 0 Å². The third-order valence-corrected chi connectivity index (χ3v) is 4.36. The minimum Gasteiger partial charge on any atom is -0.330 e. The molecular formula is C13H21FN2O2S. The van der Waals surface area contributed by atoms with Crippen LogP contribution >= 0.6 is 0 Å². The van der Waals surface area contributed by atoms with Crippen LogP contribution in [0.1, 0.15) is 26.2 Å². The Morgan fingerprint density at radius 3 is 2.68 bits per heavy atom. The van der Waals surface area contributed by atoms with Gasteiger partial charge in [-0.15, -0.1) is 0 Å². The topological polar surface area (TPSA) is 72.2 Å². The van der Waals surface area contributed by atoms with E-state index < -0.39 is 15.8 Å². The van der Waals surface area contributed by atoms with Gasteiger partial charge in [-0.25, -0.2) is 17.5 Å². The number of hydrogen-bond donors (Lipinski definition) is 2. The Morgan fingerprint density at radius 2 is 2.11 bits per heavy atom. The summed E-state index contributed by atoms with van der Waals surface area (Å²) in [4.78, 5) is -0.0458. The van der Waals surface area contributed by atoms with Crippen molar-refractivity contribution >= 4 is 10.0 Å². The summed E-state index contributed by atoms with van der Waals surface area (Å²) in [7, 11) is -3.65. The summed E-state index contributed by atoms with van der Waals surface area (Å²) >= 11 is 0. The van der Waals surface area contributed by atoms with Gasteiger partial charge in [-0.1, -0.05) is 19.4 Å². The van der Waals surface area contributed by atoms with Gasteiger partial charge in [-0.3, -0.25) is 0 Å². The van der Waals surface area contributed by atoms with Gasteiger partial charge in [0.2, 0.25) is 10.0 Å². The highest BCUT2D eigenvalue weighted by molar-refractivity contribution is 7.89. The predicted octanol–water partition coefficient (Wildman–Crippen LogP) is 1.87. The highest BCUT2D eigenvalue weighted by Crippen LogP contribution is 2.13. The van der Waals surface area contributed by atoms with Crippen LogP contribution in [0.25, 0.3) is 0 Å². The van der Waals surface area contributed by atoms with Gasteiger partial charge in [-0.05, 0) is 43.5 Å². The third kappa shape index (κ3) is 5.26. The molecule has 0 aromatic heterocycles. The summed E-state index contributed by atoms with van der Waals surface area (Å²) in [5.74, 6) is -0.340. The maximum Gasteiger partial charge on any atom is 0.240 e. The first-order valence-corrected chi connectivity index (χ1v) is 7.93. The molecule has 1 aromatic rings. The molecule has 19 heavy (non-hydrogen) atoms. The molecule has 108 valence electrons. The van der Waals surface area contributed by atoms with Crippen LogP contribution in [0.3, 0.4) is 0 Å². The number of benzene rings is 1. The minimum absolute atomic E-state index is 0.0458. The molecule has 0 saturated carbocycles. The molecule has 0 spiro atoms. The molecule has 0 aliphatic rings. The number of nitrogens with one attached hydrogen (secondary N) is 1. The monoisotopic (exact) mass is 288 g/mol. The van der Waals surface area contributed by atoms with E-state index in [9.17, 15) is 12.8 Å². The zero-order valence-electron chi connectivity index (χ0n) is 11.1. The number of hydrogen-bond acceptors (Lipinski definition) is 3. The third-order valence-electron chi connectivity index (χ3n) is 2.94. The normalized spacial score (nSPS) is 13.4. The Bertz CT molecular complexity index is 485. The first kappa shape index (κ1) is 16.1. The first-order chi connectivity index (χ1) is 8.99. The fraction of sp³-hybridized carbons (Fsp3) is 0.538. The lowest BCUT2D eigenvalue weighted by atomic mass is 10.0. The molecule has 0 saturated heterocycles. The Balaban J connectivity index is 2.69. The lowest BCUT2D eigenvalue weighted by Crippen LogP contribution is -2.30. The molecule has 1 atom stereocenters. The fourth-order valence-electron chi connectivity index (χ4n) is 1.94. The molecule has 0 heterocycles. The van der Waals surface area contributed by atoms with Gasteiger partial charge >= 0.3 is 0 Å². The van der Waals surface area contributed by atoms with Crippen LogP contribution in [0.4, 0.5) is 4.39 Å². The van der Waals surface area contributed by atoms with Crippen LogP contribution in [-0.2, 0) is 10.0 Å². The second kappa shape index (κ2) is 7.57. The summed E-state index contributed by atoms with van der Waals surface area (Å²) < 4.78 is 39.5. The maximum atomic E-state index is 13.0. The van der Waals surface area contributed by atoms with Crippen LogP contribution in [0.15, 0.2) is 29.2 Å². The number of sulfonamides is 1. The zero-order chi connectivity index (χ0) is 14.3. The maximum absolute atomic E-state index is 13.0. The molecule has 1 unspecified atom stereocenters. The Kier molecular flexibility index (Phi) is 6.41. The van der Waals surface area contributed by atoms with Gasteiger partial charge in [-0.2, -0.15) is 0 Å². The van der Waals surface area contributed by atoms with Crippen molar-refractivity contribution in [2.24, 2.45) is 11.7 Å². The largest absolute Gasteiger partial charge is 0.330 e. The molecule has 3 N–H and O–H groups in total. The van der Waals surface area contributed by atoms with Crippen molar-refractivity contribution in [3.05, 3.63) is 30.1 Å². The van der Waals surface area contributed by atoms with Crippen molar-refractivity contribution in [3.63, 3.8) is 0 Å². The van der Waals surface area contributed by atoms with E-state index in [4.69, 9.17) is 5.73 Å². The van der Waals surface area contributed by atoms with Crippen molar-refractivity contribution in [2.75, 3.05) is 13.1 Å². The quantitative estimate of drug-likeness (QED) is 0.767. The smallest absolute Gasteiger partial charge is 0.240 e. The van der Waals surface area contributed by atoms with Crippen LogP contribution in [0.5, 0.6) is 0 Å². The minimum atomic E-state index is -3.65. The average Bonchev–Trinajstić information content (AvgIpc) is 2.37. The van der Waals surface area contributed by atoms with Crippen LogP contribution < -0.4 is 10.5 Å². The Labute approximate surface area is 114 Å². The summed E-state index contributed by atoms with van der Waals surface area (Å²) in [6.07, 6.45) is 2.68. The number of nitrogens with two attached hydrogens (primary N) is 1. The second-order valence-corrected chi connectivity index (χ2v) is 6.31. The van der Waals surface area contributed by atoms with Crippen LogP contribution in [-0.4, -0.2) is 21.5 Å². The van der Waals surface area contributed by atoms with E-state index in [0.717, 1.165) is 25.3 Å². The van der Waals surface area contributed by atoms with Crippen molar-refractivity contribution in [3.8, 4) is 0 Å². The first-order valence-electron chi connectivity index (χ1n) is 6.45. The molecule has 1 aromatic carbocycles. The zero-order valence-corrected chi connectivity index (χ0v) is 11.9. The van der Waals surface area contributed by atoms with Crippen molar-refractivity contribution in [1.29, 1.82) is 0 Å². The standard InChI is InChI=1S/C13H21FN2O2S/c1-2-4-11(7-8-15)10-16-19(17,18)13-6-3-5-12(14)9-13/h3,5-6,9,11,16H,2,4,7-8,10,15H2,1H3. The second-order valence-electron chi connectivity index (χ2n) is 4.54. The summed E-state index contributed by atoms with van der Waals surface area (Å²) in [5, 5.41) is 0. The molecule has 0 aliphatic carbocycles. The van der Waals surface area contributed by atoms with E-state index in [1.54, 1.807) is 0 Å². The molecule has 0 amide bonds. The van der Waals surface area contributed by atoms with Gasteiger partial charge in [0.1, 0.15) is 5.82 Å². The SMILES string of the molecule is CCCC(CCN)CNS(=O)(=O)c1cccc(F)c1. The lowest BCUT2D eigenvalue weighted by molar-refractivity contribution is 0.443. The molecule has 4 nitrogen and oxygen atoms in total. The van der Waals surface area contributed by atoms with Crippen LogP contribution in [0, 0.1) is 11.7 Å². The summed E-state index contributed by atoms with van der Waals surface area (Å²) in [6.45, 7) is 2.92. The number of halogens is 1. The van der Waals surface area contributed by atoms with Crippen LogP contribution in [0.2, 0.25) is 0 Å². The van der Waals surface area contributed by atoms with Crippen molar-refractivity contribution in [1.82, 2.24) is 4.72 Å². The number of rotatable bonds is 8. The van der Waals surface area contributed by atoms with E-state index in [0.29, 0.717) is 13.1 Å². The Hall–Kier alpha value is -0.980. The van der Waals surface area contributed by atoms with Gasteiger partial charge < -0.3 is 5.73 Å². The van der Waals surface area contributed by atoms with Crippen molar-refractivity contribution in [2.45, 2.75) is 31.1 Å². The van der Waals surface area contributed by atoms with Crippen molar-refractivity contribution < 1.29 is 12.8 Å². The molecule has 0 bridgehead atoms. The van der Waals surface area contributed by atoms with E-state index >= 15 is 0 Å². The van der Waals surface area contributed by atoms with E-state index in [-0.39, 0.29) is 10.8 Å². The lowest BCUT2D eigenvalue weighted by Gasteiger charge is -2.16. The molecule has 0 radical (unpaired) electrons. The fourth-order valence-corrected chi connectivity index (χ4v) is 3.08. The van der Waals surface area contributed by atoms with E-state index in [2.05, 4.69) is 4.72 Å². The van der Waals surface area contributed by atoms with Gasteiger partial charge in [0.15, 0.2) is 0 Å². The molecular weight excluding hydrogens is 267 g/mol. The Morgan fingerprint density at radius 1 is 1.37 bits per heavy atom. The van der Waals surface area contributed by atoms with E-state index in [1.165, 1.54) is 18.2 Å². The van der Waals surface area contributed by atoms with E-state index in [1.807, 2.05) is 6.92 Å². The van der Waals surface area contributed by atoms with Gasteiger partial charge in [0, 0.05) is 6.54 Å². The summed E-state index contributed by atoms with van der Waals surface area (Å²) in [5.41, 5.74) is 5.50. The molecule has 1 rings (SSSR count). The predicted molar refractivity (Wildman–Crippen MR) is 73.7 cm³/mol. The van der Waals surface area contributed by atoms with Gasteiger partial charge in [0.05, 0.1) is 4.90 Å². The molecule has 0 fully saturated rings. The highest BCUT2D eigenvalue weighted by atomic mass is 32.2.